The topological polar surface area (TPSA) is 44.8 Å². The monoisotopic (exact) mass is 702 g/mol. The van der Waals surface area contributed by atoms with Crippen LogP contribution in [0.25, 0.3) is 11.1 Å². The first kappa shape index (κ1) is 39.8. The molecular formula is C37H42F8O4. The van der Waals surface area contributed by atoms with Gasteiger partial charge >= 0.3 is 24.0 Å². The zero-order chi connectivity index (χ0) is 36.1. The van der Waals surface area contributed by atoms with E-state index in [1.807, 2.05) is 43.3 Å². The second-order valence-corrected chi connectivity index (χ2v) is 12.0. The predicted octanol–water partition coefficient (Wildman–Crippen LogP) is 10.8. The van der Waals surface area contributed by atoms with Gasteiger partial charge in [0.05, 0.1) is 18.3 Å². The highest BCUT2D eigenvalue weighted by atomic mass is 19.4. The van der Waals surface area contributed by atoms with Crippen LogP contribution in [0.2, 0.25) is 0 Å². The largest absolute Gasteiger partial charge is 0.494 e. The first-order chi connectivity index (χ1) is 23.1. The molecule has 0 amide bonds. The molecule has 0 fully saturated rings. The molecule has 0 spiro atoms. The van der Waals surface area contributed by atoms with E-state index in [9.17, 15) is 39.9 Å². The van der Waals surface area contributed by atoms with E-state index in [4.69, 9.17) is 9.47 Å². The van der Waals surface area contributed by atoms with E-state index in [1.165, 1.54) is 12.1 Å². The van der Waals surface area contributed by atoms with Crippen molar-refractivity contribution in [3.63, 3.8) is 0 Å². The van der Waals surface area contributed by atoms with Crippen molar-refractivity contribution in [1.29, 1.82) is 0 Å². The van der Waals surface area contributed by atoms with Gasteiger partial charge in [0.2, 0.25) is 0 Å². The number of carbonyl (C=O) groups excluding carboxylic acids is 1. The zero-order valence-corrected chi connectivity index (χ0v) is 27.6. The number of hydrogen-bond acceptors (Lipinski definition) is 4. The van der Waals surface area contributed by atoms with Crippen LogP contribution in [-0.4, -0.2) is 49.9 Å². The average molecular weight is 703 g/mol. The van der Waals surface area contributed by atoms with E-state index in [-0.39, 0.29) is 24.7 Å². The summed E-state index contributed by atoms with van der Waals surface area (Å²) in [5.74, 6) is -12.3. The third kappa shape index (κ3) is 12.0. The molecule has 1 unspecified atom stereocenters. The fourth-order valence-electron chi connectivity index (χ4n) is 4.93. The molecule has 270 valence electrons. The van der Waals surface area contributed by atoms with Crippen LogP contribution in [-0.2, 0) is 22.3 Å². The maximum absolute atomic E-state index is 14.7. The Morgan fingerprint density at radius 3 is 1.94 bits per heavy atom. The lowest BCUT2D eigenvalue weighted by atomic mass is 9.99. The van der Waals surface area contributed by atoms with Crippen LogP contribution in [0.3, 0.4) is 0 Å². The molecule has 0 aliphatic heterocycles. The average Bonchev–Trinajstić information content (AvgIpc) is 3.05. The lowest BCUT2D eigenvalue weighted by Crippen LogP contribution is -2.54. The molecule has 4 nitrogen and oxygen atoms in total. The van der Waals surface area contributed by atoms with Crippen molar-refractivity contribution in [3.05, 3.63) is 89.2 Å². The smallest absolute Gasteiger partial charge is 0.459 e. The van der Waals surface area contributed by atoms with Crippen LogP contribution >= 0.6 is 0 Å². The molecule has 0 aliphatic carbocycles. The molecule has 12 heteroatoms. The minimum absolute atomic E-state index is 0.0673. The molecule has 0 radical (unpaired) electrons. The Labute approximate surface area is 281 Å². The molecule has 0 heterocycles. The van der Waals surface area contributed by atoms with Gasteiger partial charge in [-0.25, -0.2) is 9.18 Å². The van der Waals surface area contributed by atoms with E-state index >= 15 is 0 Å². The van der Waals surface area contributed by atoms with Crippen LogP contribution in [0.4, 0.5) is 35.1 Å². The summed E-state index contributed by atoms with van der Waals surface area (Å²) in [4.78, 5) is 12.4. The van der Waals surface area contributed by atoms with Gasteiger partial charge in [-0.2, -0.15) is 30.7 Å². The molecule has 0 aromatic heterocycles. The molecule has 0 saturated carbocycles. The molecule has 0 bridgehead atoms. The van der Waals surface area contributed by atoms with Crippen molar-refractivity contribution in [2.45, 2.75) is 95.8 Å². The molecule has 3 rings (SSSR count). The summed E-state index contributed by atoms with van der Waals surface area (Å²) < 4.78 is 119. The van der Waals surface area contributed by atoms with Crippen molar-refractivity contribution in [1.82, 2.24) is 0 Å². The second-order valence-electron chi connectivity index (χ2n) is 12.0. The first-order valence-corrected chi connectivity index (χ1v) is 16.4. The molecule has 3 aromatic carbocycles. The first-order valence-electron chi connectivity index (χ1n) is 16.4. The molecular weight excluding hydrogens is 660 g/mol. The number of halogens is 8. The van der Waals surface area contributed by atoms with Crippen LogP contribution in [0, 0.1) is 5.82 Å². The minimum Gasteiger partial charge on any atom is -0.494 e. The third-order valence-electron chi connectivity index (χ3n) is 7.92. The van der Waals surface area contributed by atoms with Crippen molar-refractivity contribution in [3.8, 4) is 16.9 Å². The molecule has 0 aliphatic rings. The number of rotatable bonds is 20. The molecule has 49 heavy (non-hydrogen) atoms. The Bertz CT molecular complexity index is 1440. The van der Waals surface area contributed by atoms with E-state index in [2.05, 4.69) is 11.7 Å². The van der Waals surface area contributed by atoms with Crippen molar-refractivity contribution in [2.75, 3.05) is 19.8 Å². The maximum atomic E-state index is 14.7. The minimum atomic E-state index is -6.38. The van der Waals surface area contributed by atoms with Gasteiger partial charge < -0.3 is 14.2 Å². The number of carbonyl (C=O) groups is 1. The van der Waals surface area contributed by atoms with Crippen molar-refractivity contribution >= 4 is 5.97 Å². The van der Waals surface area contributed by atoms with Crippen LogP contribution in [0.15, 0.2) is 66.7 Å². The summed E-state index contributed by atoms with van der Waals surface area (Å²) >= 11 is 0. The van der Waals surface area contributed by atoms with Crippen LogP contribution in [0.1, 0.15) is 80.3 Å². The summed E-state index contributed by atoms with van der Waals surface area (Å²) in [5.41, 5.74) is 3.62. The summed E-state index contributed by atoms with van der Waals surface area (Å²) in [5, 5.41) is 0. The number of esters is 1. The van der Waals surface area contributed by atoms with Gasteiger partial charge in [-0.3, -0.25) is 0 Å². The Kier molecular flexibility index (Phi) is 14.9. The van der Waals surface area contributed by atoms with Gasteiger partial charge in [-0.1, -0.05) is 68.7 Å². The fourth-order valence-corrected chi connectivity index (χ4v) is 4.93. The predicted molar refractivity (Wildman–Crippen MR) is 171 cm³/mol. The van der Waals surface area contributed by atoms with E-state index in [0.717, 1.165) is 54.4 Å². The normalized spacial score (nSPS) is 12.9. The third-order valence-corrected chi connectivity index (χ3v) is 7.92. The molecule has 0 N–H and O–H groups in total. The Hall–Kier alpha value is -3.67. The summed E-state index contributed by atoms with van der Waals surface area (Å²) in [6, 6.07) is 19.6. The maximum Gasteiger partial charge on any atom is 0.459 e. The molecule has 1 atom stereocenters. The Balaban J connectivity index is 1.38. The van der Waals surface area contributed by atoms with Crippen LogP contribution in [0.5, 0.6) is 5.75 Å². The zero-order valence-electron chi connectivity index (χ0n) is 27.6. The van der Waals surface area contributed by atoms with Crippen molar-refractivity contribution in [2.24, 2.45) is 0 Å². The number of hydrogen-bond donors (Lipinski definition) is 0. The number of aryl methyl sites for hydroxylation is 2. The van der Waals surface area contributed by atoms with E-state index in [1.54, 1.807) is 18.2 Å². The van der Waals surface area contributed by atoms with Crippen molar-refractivity contribution < 1.29 is 54.1 Å². The summed E-state index contributed by atoms with van der Waals surface area (Å²) in [6.07, 6.45) is 0.0627. The van der Waals surface area contributed by atoms with Gasteiger partial charge in [-0.15, -0.1) is 0 Å². The number of alkyl halides is 7. The van der Waals surface area contributed by atoms with E-state index in [0.29, 0.717) is 25.0 Å². The van der Waals surface area contributed by atoms with Crippen LogP contribution < -0.4 is 4.74 Å². The Morgan fingerprint density at radius 1 is 0.735 bits per heavy atom. The standard InChI is InChI=1S/C37H42F8O4/c1-3-4-5-6-9-26(2)49-34(46)32-21-14-28(24-33(32)38)11-10-27-12-15-29(16-13-27)30-17-19-31(20-18-30)48-23-8-7-22-47-25-35(39,40)36(41,42)37(43,44)45/h12-21,24,26H,3-11,22-23,25H2,1-2H3. The molecule has 3 aromatic rings. The number of unbranched alkanes of at least 4 members (excludes halogenated alkanes) is 4. The second kappa shape index (κ2) is 18.4. The molecule has 0 saturated heterocycles. The quantitative estimate of drug-likeness (QED) is 0.0668. The van der Waals surface area contributed by atoms with Gasteiger partial charge in [0, 0.05) is 6.61 Å². The summed E-state index contributed by atoms with van der Waals surface area (Å²) in [6.45, 7) is 1.63. The van der Waals surface area contributed by atoms with Gasteiger partial charge in [0.15, 0.2) is 0 Å². The Morgan fingerprint density at radius 2 is 1.33 bits per heavy atom. The van der Waals surface area contributed by atoms with Gasteiger partial charge in [-0.05, 0) is 92.0 Å². The number of ether oxygens (including phenoxy) is 3. The lowest BCUT2D eigenvalue weighted by molar-refractivity contribution is -0.361. The summed E-state index contributed by atoms with van der Waals surface area (Å²) in [7, 11) is 0. The highest BCUT2D eigenvalue weighted by Gasteiger charge is 2.72. The highest BCUT2D eigenvalue weighted by molar-refractivity contribution is 5.89. The fraction of sp³-hybridized carbons (Fsp3) is 0.486. The number of benzene rings is 3. The highest BCUT2D eigenvalue weighted by Crippen LogP contribution is 2.46. The van der Waals surface area contributed by atoms with Gasteiger partial charge in [0.25, 0.3) is 0 Å². The lowest BCUT2D eigenvalue weighted by Gasteiger charge is -2.27. The van der Waals surface area contributed by atoms with E-state index < -0.39 is 43.0 Å². The SMILES string of the molecule is CCCCCCC(C)OC(=O)c1ccc(CCc2ccc(-c3ccc(OCCCCOCC(F)(F)C(F)(F)C(F)(F)F)cc3)cc2)cc1F. The van der Waals surface area contributed by atoms with Gasteiger partial charge in [0.1, 0.15) is 18.2 Å².